The monoisotopic (exact) mass is 333 g/mol. The zero-order valence-electron chi connectivity index (χ0n) is 11.6. The second-order valence-electron chi connectivity index (χ2n) is 4.83. The Hall–Kier alpha value is -2.04. The first-order valence-corrected chi connectivity index (χ1v) is 7.55. The molecule has 6 heteroatoms. The number of hydrogen-bond donors (Lipinski definition) is 1. The van der Waals surface area contributed by atoms with Gasteiger partial charge in [-0.25, -0.2) is 4.98 Å². The van der Waals surface area contributed by atoms with E-state index in [0.717, 1.165) is 11.3 Å². The van der Waals surface area contributed by atoms with Gasteiger partial charge >= 0.3 is 0 Å². The Labute approximate surface area is 137 Å². The number of benzene rings is 1. The lowest BCUT2D eigenvalue weighted by atomic mass is 10.2. The highest BCUT2D eigenvalue weighted by Gasteiger charge is 2.09. The average molecular weight is 334 g/mol. The lowest BCUT2D eigenvalue weighted by Crippen LogP contribution is -2.26. The first-order chi connectivity index (χ1) is 10.6. The van der Waals surface area contributed by atoms with E-state index in [1.165, 1.54) is 0 Å². The maximum absolute atomic E-state index is 12.0. The lowest BCUT2D eigenvalue weighted by molar-refractivity contribution is 0.0954. The minimum absolute atomic E-state index is 0.183. The van der Waals surface area contributed by atoms with Crippen LogP contribution in [0.1, 0.15) is 16.1 Å². The molecule has 2 aromatic heterocycles. The minimum Gasteiger partial charge on any atom is -0.352 e. The molecule has 4 nitrogen and oxygen atoms in total. The van der Waals surface area contributed by atoms with E-state index in [1.807, 2.05) is 16.7 Å². The molecule has 3 rings (SSSR count). The summed E-state index contributed by atoms with van der Waals surface area (Å²) in [5, 5.41) is 3.95. The van der Waals surface area contributed by atoms with Crippen molar-refractivity contribution < 1.29 is 4.79 Å². The number of rotatable bonds is 4. The van der Waals surface area contributed by atoms with Gasteiger partial charge in [0.05, 0.1) is 21.3 Å². The molecular weight excluding hydrogens is 321 g/mol. The van der Waals surface area contributed by atoms with Crippen LogP contribution in [0.3, 0.4) is 0 Å². The van der Waals surface area contributed by atoms with Crippen molar-refractivity contribution in [1.82, 2.24) is 14.7 Å². The zero-order valence-corrected chi connectivity index (χ0v) is 13.1. The molecule has 0 radical (unpaired) electrons. The number of pyridine rings is 1. The molecule has 0 bridgehead atoms. The second kappa shape index (κ2) is 6.38. The second-order valence-corrected chi connectivity index (χ2v) is 5.67. The maximum atomic E-state index is 12.0. The van der Waals surface area contributed by atoms with Crippen LogP contribution in [-0.2, 0) is 6.42 Å². The molecule has 1 amide bonds. The van der Waals surface area contributed by atoms with E-state index in [2.05, 4.69) is 10.3 Å². The van der Waals surface area contributed by atoms with E-state index in [1.54, 1.807) is 36.5 Å². The van der Waals surface area contributed by atoms with Crippen molar-refractivity contribution in [3.63, 3.8) is 0 Å². The normalized spacial score (nSPS) is 10.8. The molecule has 1 N–H and O–H groups in total. The Morgan fingerprint density at radius 3 is 2.77 bits per heavy atom. The van der Waals surface area contributed by atoms with E-state index >= 15 is 0 Å². The van der Waals surface area contributed by atoms with Crippen LogP contribution in [0.2, 0.25) is 10.0 Å². The van der Waals surface area contributed by atoms with E-state index < -0.39 is 0 Å². The third kappa shape index (κ3) is 3.24. The van der Waals surface area contributed by atoms with Crippen molar-refractivity contribution in [2.24, 2.45) is 0 Å². The Kier molecular flexibility index (Phi) is 4.32. The Balaban J connectivity index is 1.62. The standard InChI is InChI=1S/C16H13Cl2N3O/c17-11-5-6-15-20-12(10-21(15)9-11)7-8-19-16(22)13-3-1-2-4-14(13)18/h1-6,9-10H,7-8H2,(H,19,22). The fraction of sp³-hybridized carbons (Fsp3) is 0.125. The van der Waals surface area contributed by atoms with E-state index in [0.29, 0.717) is 28.6 Å². The first-order valence-electron chi connectivity index (χ1n) is 6.79. The van der Waals surface area contributed by atoms with Crippen LogP contribution in [0.4, 0.5) is 0 Å². The molecule has 0 aliphatic heterocycles. The van der Waals surface area contributed by atoms with Gasteiger partial charge < -0.3 is 9.72 Å². The van der Waals surface area contributed by atoms with E-state index in [-0.39, 0.29) is 5.91 Å². The number of hydrogen-bond acceptors (Lipinski definition) is 2. The predicted molar refractivity (Wildman–Crippen MR) is 87.7 cm³/mol. The van der Waals surface area contributed by atoms with Gasteiger partial charge in [0.15, 0.2) is 0 Å². The molecular formula is C16H13Cl2N3O. The summed E-state index contributed by atoms with van der Waals surface area (Å²) in [7, 11) is 0. The first kappa shape index (κ1) is 14.9. The molecule has 1 aromatic carbocycles. The fourth-order valence-electron chi connectivity index (χ4n) is 2.18. The summed E-state index contributed by atoms with van der Waals surface area (Å²) in [6.07, 6.45) is 4.34. The number of nitrogens with zero attached hydrogens (tertiary/aromatic N) is 2. The van der Waals surface area contributed by atoms with Crippen molar-refractivity contribution in [2.75, 3.05) is 6.54 Å². The molecule has 0 aliphatic rings. The summed E-state index contributed by atoms with van der Waals surface area (Å²) in [6.45, 7) is 0.488. The number of carbonyl (C=O) groups is 1. The number of fused-ring (bicyclic) bond motifs is 1. The van der Waals surface area contributed by atoms with Gasteiger partial charge in [-0.15, -0.1) is 0 Å². The van der Waals surface area contributed by atoms with Crippen molar-refractivity contribution in [3.8, 4) is 0 Å². The van der Waals surface area contributed by atoms with Crippen LogP contribution in [0, 0.1) is 0 Å². The van der Waals surface area contributed by atoms with Crippen LogP contribution in [0.15, 0.2) is 48.8 Å². The number of amides is 1. The van der Waals surface area contributed by atoms with Crippen molar-refractivity contribution in [2.45, 2.75) is 6.42 Å². The zero-order chi connectivity index (χ0) is 15.5. The number of halogens is 2. The molecule has 0 unspecified atom stereocenters. The third-order valence-electron chi connectivity index (χ3n) is 3.25. The molecule has 0 spiro atoms. The molecule has 0 aliphatic carbocycles. The number of nitrogens with one attached hydrogen (secondary N) is 1. The van der Waals surface area contributed by atoms with Crippen LogP contribution in [0.25, 0.3) is 5.65 Å². The Bertz CT molecular complexity index is 829. The summed E-state index contributed by atoms with van der Waals surface area (Å²) in [4.78, 5) is 16.5. The summed E-state index contributed by atoms with van der Waals surface area (Å²) < 4.78 is 1.87. The van der Waals surface area contributed by atoms with Crippen LogP contribution < -0.4 is 5.32 Å². The van der Waals surface area contributed by atoms with Crippen LogP contribution in [-0.4, -0.2) is 21.8 Å². The molecule has 0 atom stereocenters. The quantitative estimate of drug-likeness (QED) is 0.792. The van der Waals surface area contributed by atoms with Crippen molar-refractivity contribution >= 4 is 34.8 Å². The molecule has 22 heavy (non-hydrogen) atoms. The fourth-order valence-corrected chi connectivity index (χ4v) is 2.57. The van der Waals surface area contributed by atoms with Crippen LogP contribution in [0.5, 0.6) is 0 Å². The third-order valence-corrected chi connectivity index (χ3v) is 3.80. The van der Waals surface area contributed by atoms with Gasteiger partial charge in [0, 0.05) is 25.4 Å². The largest absolute Gasteiger partial charge is 0.352 e. The Morgan fingerprint density at radius 2 is 1.95 bits per heavy atom. The van der Waals surface area contributed by atoms with Gasteiger partial charge in [-0.05, 0) is 24.3 Å². The highest BCUT2D eigenvalue weighted by atomic mass is 35.5. The van der Waals surface area contributed by atoms with Gasteiger partial charge in [0.1, 0.15) is 5.65 Å². The summed E-state index contributed by atoms with van der Waals surface area (Å²) in [6, 6.07) is 10.6. The van der Waals surface area contributed by atoms with Gasteiger partial charge in [-0.3, -0.25) is 4.79 Å². The predicted octanol–water partition coefficient (Wildman–Crippen LogP) is 3.61. The highest BCUT2D eigenvalue weighted by Crippen LogP contribution is 2.15. The van der Waals surface area contributed by atoms with E-state index in [4.69, 9.17) is 23.2 Å². The van der Waals surface area contributed by atoms with Crippen LogP contribution >= 0.6 is 23.2 Å². The average Bonchev–Trinajstić information content (AvgIpc) is 2.89. The molecule has 3 aromatic rings. The molecule has 0 saturated heterocycles. The van der Waals surface area contributed by atoms with Crippen molar-refractivity contribution in [1.29, 1.82) is 0 Å². The number of imidazole rings is 1. The Morgan fingerprint density at radius 1 is 1.14 bits per heavy atom. The van der Waals surface area contributed by atoms with E-state index in [9.17, 15) is 4.79 Å². The molecule has 0 saturated carbocycles. The van der Waals surface area contributed by atoms with Gasteiger partial charge in [0.25, 0.3) is 5.91 Å². The highest BCUT2D eigenvalue weighted by molar-refractivity contribution is 6.33. The smallest absolute Gasteiger partial charge is 0.252 e. The summed E-state index contributed by atoms with van der Waals surface area (Å²) in [5.41, 5.74) is 2.20. The number of aromatic nitrogens is 2. The topological polar surface area (TPSA) is 46.4 Å². The minimum atomic E-state index is -0.183. The lowest BCUT2D eigenvalue weighted by Gasteiger charge is -2.05. The maximum Gasteiger partial charge on any atom is 0.252 e. The van der Waals surface area contributed by atoms with Gasteiger partial charge in [-0.2, -0.15) is 0 Å². The molecule has 2 heterocycles. The van der Waals surface area contributed by atoms with Gasteiger partial charge in [-0.1, -0.05) is 35.3 Å². The SMILES string of the molecule is O=C(NCCc1cn2cc(Cl)ccc2n1)c1ccccc1Cl. The number of carbonyl (C=O) groups excluding carboxylic acids is 1. The van der Waals surface area contributed by atoms with Gasteiger partial charge in [0.2, 0.25) is 0 Å². The summed E-state index contributed by atoms with van der Waals surface area (Å²) in [5.74, 6) is -0.183. The van der Waals surface area contributed by atoms with Crippen molar-refractivity contribution in [3.05, 3.63) is 70.1 Å². The summed E-state index contributed by atoms with van der Waals surface area (Å²) >= 11 is 11.9. The molecule has 0 fully saturated rings. The molecule has 112 valence electrons.